The molecule has 34 heavy (non-hydrogen) atoms. The molecule has 0 saturated heterocycles. The van der Waals surface area contributed by atoms with Crippen LogP contribution >= 0.6 is 27.0 Å². The standard InChI is InChI=1S/C17H26N4O10P2S/c1-10-14(6-7-30-33(28,29)31-32(25,26)27)34-17(13(22)4-3-5-15(23)24)21(10)9-12-8-19-11(2)20-16(12)18/h8,13,22H,3-7,9H2,1-2H3,(H5-,18,19,20,23,24,25,26,27,28,29)/p+1. The van der Waals surface area contributed by atoms with E-state index in [0.29, 0.717) is 27.0 Å². The van der Waals surface area contributed by atoms with E-state index in [0.717, 1.165) is 0 Å². The number of nitrogen functional groups attached to an aromatic ring is 1. The van der Waals surface area contributed by atoms with Crippen molar-refractivity contribution in [3.63, 3.8) is 0 Å². The molecule has 0 fully saturated rings. The van der Waals surface area contributed by atoms with Crippen molar-refractivity contribution in [2.75, 3.05) is 12.3 Å². The van der Waals surface area contributed by atoms with E-state index in [9.17, 15) is 23.9 Å². The van der Waals surface area contributed by atoms with Gasteiger partial charge in [-0.2, -0.15) is 8.88 Å². The number of carboxylic acids is 1. The molecule has 0 bridgehead atoms. The maximum absolute atomic E-state index is 11.7. The van der Waals surface area contributed by atoms with Crippen molar-refractivity contribution in [2.24, 2.45) is 0 Å². The minimum atomic E-state index is -5.23. The number of carboxylic acid groups (broad SMARTS) is 1. The third-order valence-electron chi connectivity index (χ3n) is 4.60. The average Bonchev–Trinajstić information content (AvgIpc) is 2.97. The normalized spacial score (nSPS) is 14.6. The van der Waals surface area contributed by atoms with Crippen molar-refractivity contribution in [3.8, 4) is 0 Å². The molecule has 17 heteroatoms. The van der Waals surface area contributed by atoms with E-state index in [4.69, 9.17) is 20.6 Å². The quantitative estimate of drug-likeness (QED) is 0.155. The number of aliphatic hydroxyl groups excluding tert-OH is 1. The summed E-state index contributed by atoms with van der Waals surface area (Å²) in [7, 11) is -10.2. The third kappa shape index (κ3) is 8.77. The number of nitrogens with zero attached hydrogens (tertiary/aromatic N) is 3. The Bertz CT molecular complexity index is 1120. The molecule has 0 aliphatic rings. The van der Waals surface area contributed by atoms with Gasteiger partial charge in [0.15, 0.2) is 12.2 Å². The van der Waals surface area contributed by atoms with Gasteiger partial charge in [0.1, 0.15) is 17.7 Å². The Morgan fingerprint density at radius 1 is 1.29 bits per heavy atom. The van der Waals surface area contributed by atoms with E-state index >= 15 is 0 Å². The van der Waals surface area contributed by atoms with Crippen LogP contribution < -0.4 is 10.3 Å². The number of hydrogen-bond donors (Lipinski definition) is 6. The number of aryl methyl sites for hydroxylation is 1. The molecule has 2 aromatic heterocycles. The van der Waals surface area contributed by atoms with Gasteiger partial charge in [-0.3, -0.25) is 9.32 Å². The first-order chi connectivity index (χ1) is 15.7. The molecular formula is C17H27N4O10P2S+. The van der Waals surface area contributed by atoms with Gasteiger partial charge in [0.05, 0.1) is 17.0 Å². The summed E-state index contributed by atoms with van der Waals surface area (Å²) < 4.78 is 32.6. The number of thiazole rings is 1. The van der Waals surface area contributed by atoms with Crippen LogP contribution in [0.25, 0.3) is 0 Å². The summed E-state index contributed by atoms with van der Waals surface area (Å²) in [4.78, 5) is 46.5. The van der Waals surface area contributed by atoms with Gasteiger partial charge in [-0.15, -0.1) is 0 Å². The first kappa shape index (κ1) is 28.4. The molecule has 0 spiro atoms. The molecule has 0 aliphatic carbocycles. The van der Waals surface area contributed by atoms with E-state index < -0.39 is 34.3 Å². The van der Waals surface area contributed by atoms with E-state index in [1.54, 1.807) is 24.6 Å². The lowest BCUT2D eigenvalue weighted by atomic mass is 10.1. The summed E-state index contributed by atoms with van der Waals surface area (Å²) in [6, 6.07) is 0. The maximum atomic E-state index is 11.7. The highest BCUT2D eigenvalue weighted by Gasteiger charge is 2.33. The molecule has 0 radical (unpaired) electrons. The molecule has 2 aromatic rings. The fourth-order valence-electron chi connectivity index (χ4n) is 3.03. The van der Waals surface area contributed by atoms with Crippen molar-refractivity contribution in [2.45, 2.75) is 52.2 Å². The van der Waals surface area contributed by atoms with Crippen molar-refractivity contribution < 1.29 is 52.2 Å². The monoisotopic (exact) mass is 541 g/mol. The highest BCUT2D eigenvalue weighted by Crippen LogP contribution is 2.57. The summed E-state index contributed by atoms with van der Waals surface area (Å²) in [6.45, 7) is 3.24. The minimum Gasteiger partial charge on any atom is -0.481 e. The van der Waals surface area contributed by atoms with E-state index in [1.807, 2.05) is 0 Å². The zero-order valence-electron chi connectivity index (χ0n) is 18.4. The second kappa shape index (κ2) is 11.8. The van der Waals surface area contributed by atoms with E-state index in [1.165, 1.54) is 11.3 Å². The van der Waals surface area contributed by atoms with Gasteiger partial charge in [-0.1, -0.05) is 11.3 Å². The summed E-state index contributed by atoms with van der Waals surface area (Å²) in [5.74, 6) is -0.223. The Hall–Kier alpha value is -1.80. The molecule has 0 amide bonds. The number of anilines is 1. The van der Waals surface area contributed by atoms with Gasteiger partial charge in [0.2, 0.25) is 0 Å². The lowest BCUT2D eigenvalue weighted by molar-refractivity contribution is -0.700. The second-order valence-electron chi connectivity index (χ2n) is 7.29. The Labute approximate surface area is 198 Å². The summed E-state index contributed by atoms with van der Waals surface area (Å²) in [5, 5.41) is 20.1. The average molecular weight is 541 g/mol. The van der Waals surface area contributed by atoms with Crippen LogP contribution in [0.3, 0.4) is 0 Å². The van der Waals surface area contributed by atoms with E-state index in [2.05, 4.69) is 18.8 Å². The molecule has 2 atom stereocenters. The highest BCUT2D eigenvalue weighted by molar-refractivity contribution is 7.60. The Kier molecular flexibility index (Phi) is 9.83. The van der Waals surface area contributed by atoms with E-state index in [-0.39, 0.29) is 38.0 Å². The summed E-state index contributed by atoms with van der Waals surface area (Å²) in [6.07, 6.45) is 0.956. The maximum Gasteiger partial charge on any atom is 0.481 e. The number of nitrogens with two attached hydrogens (primary N) is 1. The van der Waals surface area contributed by atoms with Crippen molar-refractivity contribution in [1.29, 1.82) is 0 Å². The molecule has 14 nitrogen and oxygen atoms in total. The smallest absolute Gasteiger partial charge is 0.481 e. The van der Waals surface area contributed by atoms with Gasteiger partial charge in [0.25, 0.3) is 5.01 Å². The van der Waals surface area contributed by atoms with Crippen LogP contribution in [0.4, 0.5) is 5.82 Å². The number of phosphoric ester groups is 1. The summed E-state index contributed by atoms with van der Waals surface area (Å²) >= 11 is 1.18. The van der Waals surface area contributed by atoms with Crippen LogP contribution in [-0.4, -0.2) is 47.4 Å². The number of aliphatic carboxylic acids is 1. The zero-order chi connectivity index (χ0) is 25.7. The fraction of sp³-hybridized carbons (Fsp3) is 0.529. The molecule has 0 aliphatic heterocycles. The lowest BCUT2D eigenvalue weighted by Crippen LogP contribution is -2.41. The van der Waals surface area contributed by atoms with Crippen molar-refractivity contribution in [1.82, 2.24) is 9.97 Å². The number of phosphoric acid groups is 2. The number of hydrogen-bond acceptors (Lipinski definition) is 10. The van der Waals surface area contributed by atoms with Crippen LogP contribution in [0.2, 0.25) is 0 Å². The predicted molar refractivity (Wildman–Crippen MR) is 119 cm³/mol. The Morgan fingerprint density at radius 2 is 1.97 bits per heavy atom. The van der Waals surface area contributed by atoms with Crippen LogP contribution in [0.15, 0.2) is 6.20 Å². The summed E-state index contributed by atoms with van der Waals surface area (Å²) in [5.41, 5.74) is 7.26. The number of carbonyl (C=O) groups is 1. The molecule has 0 saturated carbocycles. The number of aliphatic hydroxyl groups is 1. The predicted octanol–water partition coefficient (Wildman–Crippen LogP) is 1.13. The largest absolute Gasteiger partial charge is 0.481 e. The molecule has 190 valence electrons. The third-order valence-corrected chi connectivity index (χ3v) is 8.23. The minimum absolute atomic E-state index is 0.0628. The Balaban J connectivity index is 2.26. The van der Waals surface area contributed by atoms with Gasteiger partial charge in [-0.05, 0) is 19.8 Å². The lowest BCUT2D eigenvalue weighted by Gasteiger charge is -2.11. The highest BCUT2D eigenvalue weighted by atomic mass is 32.1. The van der Waals surface area contributed by atoms with Crippen LogP contribution in [0.1, 0.15) is 52.3 Å². The van der Waals surface area contributed by atoms with Crippen LogP contribution in [0, 0.1) is 13.8 Å². The molecule has 7 N–H and O–H groups in total. The molecule has 0 aromatic carbocycles. The fourth-order valence-corrected chi connectivity index (χ4v) is 5.88. The van der Waals surface area contributed by atoms with Gasteiger partial charge in [-0.25, -0.2) is 19.1 Å². The Morgan fingerprint density at radius 3 is 2.56 bits per heavy atom. The van der Waals surface area contributed by atoms with Crippen LogP contribution in [-0.2, 0) is 35.7 Å². The van der Waals surface area contributed by atoms with Gasteiger partial charge >= 0.3 is 21.6 Å². The topological polar surface area (TPSA) is 226 Å². The molecule has 2 rings (SSSR count). The van der Waals surface area contributed by atoms with Crippen molar-refractivity contribution in [3.05, 3.63) is 33.2 Å². The first-order valence-corrected chi connectivity index (χ1v) is 13.8. The number of aromatic nitrogens is 3. The molecule has 2 unspecified atom stereocenters. The first-order valence-electron chi connectivity index (χ1n) is 9.92. The van der Waals surface area contributed by atoms with Crippen LogP contribution in [0.5, 0.6) is 0 Å². The van der Waals surface area contributed by atoms with Gasteiger partial charge in [0, 0.05) is 26.0 Å². The second-order valence-corrected chi connectivity index (χ2v) is 11.2. The molecular weight excluding hydrogens is 514 g/mol. The zero-order valence-corrected chi connectivity index (χ0v) is 21.0. The SMILES string of the molecule is Cc1ncc(C[n+]2c(C(O)CCCC(=O)O)sc(CCOP(=O)(O)OP(=O)(O)O)c2C)c(N)n1. The number of rotatable bonds is 13. The van der Waals surface area contributed by atoms with Crippen molar-refractivity contribution >= 4 is 38.8 Å². The van der Waals surface area contributed by atoms with Gasteiger partial charge < -0.3 is 30.6 Å². The molecule has 2 heterocycles.